The summed E-state index contributed by atoms with van der Waals surface area (Å²) in [7, 11) is 0. The summed E-state index contributed by atoms with van der Waals surface area (Å²) in [5, 5.41) is 15.8. The van der Waals surface area contributed by atoms with Gasteiger partial charge in [-0.05, 0) is 37.8 Å². The fourth-order valence-corrected chi connectivity index (χ4v) is 2.83. The van der Waals surface area contributed by atoms with Crippen LogP contribution in [0.5, 0.6) is 0 Å². The van der Waals surface area contributed by atoms with Gasteiger partial charge in [-0.2, -0.15) is 0 Å². The van der Waals surface area contributed by atoms with Gasteiger partial charge in [0.05, 0.1) is 6.10 Å². The predicted molar refractivity (Wildman–Crippen MR) is 93.5 cm³/mol. The highest BCUT2D eigenvalue weighted by Crippen LogP contribution is 2.12. The molecule has 0 saturated carbocycles. The minimum Gasteiger partial charge on any atom is -0.392 e. The van der Waals surface area contributed by atoms with E-state index in [2.05, 4.69) is 22.1 Å². The Balaban J connectivity index is 1.66. The van der Waals surface area contributed by atoms with Crippen LogP contribution in [0, 0.1) is 0 Å². The number of allylic oxidation sites excluding steroid dienone is 1. The van der Waals surface area contributed by atoms with Gasteiger partial charge in [0.15, 0.2) is 0 Å². The van der Waals surface area contributed by atoms with Crippen LogP contribution in [0.4, 0.5) is 10.5 Å². The summed E-state index contributed by atoms with van der Waals surface area (Å²) in [6, 6.07) is 9.49. The zero-order valence-corrected chi connectivity index (χ0v) is 13.6. The van der Waals surface area contributed by atoms with E-state index in [9.17, 15) is 9.90 Å². The fourth-order valence-electron chi connectivity index (χ4n) is 2.83. The Morgan fingerprint density at radius 3 is 2.70 bits per heavy atom. The van der Waals surface area contributed by atoms with Crippen LogP contribution in [-0.4, -0.2) is 47.8 Å². The summed E-state index contributed by atoms with van der Waals surface area (Å²) >= 11 is 0. The van der Waals surface area contributed by atoms with E-state index in [1.165, 1.54) is 0 Å². The number of carbonyl (C=O) groups excluding carboxylic acids is 1. The maximum atomic E-state index is 12.0. The number of rotatable bonds is 7. The zero-order chi connectivity index (χ0) is 16.5. The molecule has 1 fully saturated rings. The zero-order valence-electron chi connectivity index (χ0n) is 13.6. The third-order valence-electron chi connectivity index (χ3n) is 4.13. The number of benzene rings is 1. The van der Waals surface area contributed by atoms with E-state index in [1.807, 2.05) is 36.4 Å². The normalized spacial score (nSPS) is 17.4. The molecule has 2 amide bonds. The van der Waals surface area contributed by atoms with Gasteiger partial charge in [0.1, 0.15) is 0 Å². The molecule has 23 heavy (non-hydrogen) atoms. The van der Waals surface area contributed by atoms with Gasteiger partial charge in [0, 0.05) is 31.4 Å². The number of nitrogens with zero attached hydrogens (tertiary/aromatic N) is 1. The van der Waals surface area contributed by atoms with E-state index in [0.29, 0.717) is 6.54 Å². The fraction of sp³-hybridized carbons (Fsp3) is 0.500. The largest absolute Gasteiger partial charge is 0.392 e. The minimum atomic E-state index is -0.293. The summed E-state index contributed by atoms with van der Waals surface area (Å²) in [5.41, 5.74) is 0.799. The van der Waals surface area contributed by atoms with Crippen molar-refractivity contribution in [3.8, 4) is 0 Å². The van der Waals surface area contributed by atoms with Crippen LogP contribution in [0.1, 0.15) is 25.7 Å². The number of piperidine rings is 1. The number of nitrogens with one attached hydrogen (secondary N) is 2. The Bertz CT molecular complexity index is 484. The number of aliphatic hydroxyl groups excluding tert-OH is 1. The van der Waals surface area contributed by atoms with E-state index in [1.54, 1.807) is 0 Å². The standard InChI is InChI=1S/C18H27N3O2/c1-2-3-9-17(22)14-21-12-10-16(11-13-21)20-18(23)19-15-7-5-4-6-8-15/h2,4-8,16-17,22H,1,3,9-14H2,(H2,19,20,23). The van der Waals surface area contributed by atoms with E-state index in [-0.39, 0.29) is 18.2 Å². The number of hydrogen-bond acceptors (Lipinski definition) is 3. The van der Waals surface area contributed by atoms with Crippen molar-refractivity contribution in [3.63, 3.8) is 0 Å². The quantitative estimate of drug-likeness (QED) is 0.677. The van der Waals surface area contributed by atoms with Crippen molar-refractivity contribution in [3.05, 3.63) is 43.0 Å². The van der Waals surface area contributed by atoms with Crippen molar-refractivity contribution >= 4 is 11.7 Å². The molecule has 1 atom stereocenters. The average molecular weight is 317 g/mol. The van der Waals surface area contributed by atoms with Gasteiger partial charge in [-0.1, -0.05) is 24.3 Å². The van der Waals surface area contributed by atoms with Crippen molar-refractivity contribution in [2.75, 3.05) is 25.0 Å². The molecular formula is C18H27N3O2. The number of amides is 2. The first-order chi connectivity index (χ1) is 11.2. The van der Waals surface area contributed by atoms with Crippen LogP contribution in [0.3, 0.4) is 0 Å². The highest BCUT2D eigenvalue weighted by atomic mass is 16.3. The second kappa shape index (κ2) is 9.33. The number of para-hydroxylation sites is 1. The average Bonchev–Trinajstić information content (AvgIpc) is 2.55. The molecule has 1 aromatic carbocycles. The molecule has 1 aliphatic heterocycles. The lowest BCUT2D eigenvalue weighted by molar-refractivity contribution is 0.0899. The maximum Gasteiger partial charge on any atom is 0.319 e. The topological polar surface area (TPSA) is 64.6 Å². The van der Waals surface area contributed by atoms with Crippen LogP contribution < -0.4 is 10.6 Å². The number of β-amino-alcohol motifs (C(OH)–C–C–N with tert-alkyl or cyclic N) is 1. The minimum absolute atomic E-state index is 0.152. The van der Waals surface area contributed by atoms with Crippen LogP contribution in [0.2, 0.25) is 0 Å². The summed E-state index contributed by atoms with van der Waals surface area (Å²) in [6.07, 6.45) is 4.98. The van der Waals surface area contributed by atoms with Crippen molar-refractivity contribution in [1.82, 2.24) is 10.2 Å². The lowest BCUT2D eigenvalue weighted by atomic mass is 10.0. The van der Waals surface area contributed by atoms with Crippen LogP contribution in [0.25, 0.3) is 0 Å². The van der Waals surface area contributed by atoms with E-state index < -0.39 is 0 Å². The van der Waals surface area contributed by atoms with Gasteiger partial charge >= 0.3 is 6.03 Å². The second-order valence-electron chi connectivity index (χ2n) is 6.06. The first-order valence-electron chi connectivity index (χ1n) is 8.31. The van der Waals surface area contributed by atoms with Gasteiger partial charge in [-0.15, -0.1) is 6.58 Å². The van der Waals surface area contributed by atoms with Gasteiger partial charge in [-0.3, -0.25) is 0 Å². The van der Waals surface area contributed by atoms with Crippen LogP contribution in [-0.2, 0) is 0 Å². The predicted octanol–water partition coefficient (Wildman–Crippen LogP) is 2.60. The highest BCUT2D eigenvalue weighted by molar-refractivity contribution is 5.89. The molecule has 0 radical (unpaired) electrons. The molecule has 0 aliphatic carbocycles. The van der Waals surface area contributed by atoms with Crippen LogP contribution >= 0.6 is 0 Å². The van der Waals surface area contributed by atoms with Gasteiger partial charge in [0.25, 0.3) is 0 Å². The Labute approximate surface area is 138 Å². The highest BCUT2D eigenvalue weighted by Gasteiger charge is 2.22. The molecular weight excluding hydrogens is 290 g/mol. The smallest absolute Gasteiger partial charge is 0.319 e. The van der Waals surface area contributed by atoms with Crippen molar-refractivity contribution in [2.24, 2.45) is 0 Å². The number of likely N-dealkylation sites (tertiary alicyclic amines) is 1. The summed E-state index contributed by atoms with van der Waals surface area (Å²) < 4.78 is 0. The van der Waals surface area contributed by atoms with Gasteiger partial charge < -0.3 is 20.6 Å². The SMILES string of the molecule is C=CCCC(O)CN1CCC(NC(=O)Nc2ccccc2)CC1. The van der Waals surface area contributed by atoms with E-state index in [0.717, 1.165) is 44.5 Å². The Morgan fingerprint density at radius 1 is 1.35 bits per heavy atom. The summed E-state index contributed by atoms with van der Waals surface area (Å²) in [4.78, 5) is 14.2. The Kier molecular flexibility index (Phi) is 7.10. The molecule has 0 aromatic heterocycles. The molecule has 1 aliphatic rings. The molecule has 5 heteroatoms. The van der Waals surface area contributed by atoms with Crippen molar-refractivity contribution < 1.29 is 9.90 Å². The molecule has 1 aromatic rings. The molecule has 0 spiro atoms. The third kappa shape index (κ3) is 6.42. The van der Waals surface area contributed by atoms with E-state index in [4.69, 9.17) is 0 Å². The van der Waals surface area contributed by atoms with E-state index >= 15 is 0 Å². The monoisotopic (exact) mass is 317 g/mol. The van der Waals surface area contributed by atoms with Crippen molar-refractivity contribution in [2.45, 2.75) is 37.8 Å². The lowest BCUT2D eigenvalue weighted by Crippen LogP contribution is -2.47. The number of urea groups is 1. The Hall–Kier alpha value is -1.85. The molecule has 1 unspecified atom stereocenters. The molecule has 1 saturated heterocycles. The summed E-state index contributed by atoms with van der Waals surface area (Å²) in [6.45, 7) is 6.19. The number of hydrogen-bond donors (Lipinski definition) is 3. The molecule has 126 valence electrons. The third-order valence-corrected chi connectivity index (χ3v) is 4.13. The molecule has 0 bridgehead atoms. The molecule has 1 heterocycles. The number of carbonyl (C=O) groups is 1. The van der Waals surface area contributed by atoms with Gasteiger partial charge in [0.2, 0.25) is 0 Å². The summed E-state index contributed by atoms with van der Waals surface area (Å²) in [5.74, 6) is 0. The molecule has 2 rings (SSSR count). The van der Waals surface area contributed by atoms with Gasteiger partial charge in [-0.25, -0.2) is 4.79 Å². The first kappa shape index (κ1) is 17.5. The molecule has 5 nitrogen and oxygen atoms in total. The maximum absolute atomic E-state index is 12.0. The first-order valence-corrected chi connectivity index (χ1v) is 8.31. The van der Waals surface area contributed by atoms with Crippen LogP contribution in [0.15, 0.2) is 43.0 Å². The Morgan fingerprint density at radius 2 is 2.04 bits per heavy atom. The lowest BCUT2D eigenvalue weighted by Gasteiger charge is -2.33. The van der Waals surface area contributed by atoms with Crippen molar-refractivity contribution in [1.29, 1.82) is 0 Å². The molecule has 3 N–H and O–H groups in total. The number of anilines is 1. The second-order valence-corrected chi connectivity index (χ2v) is 6.06. The number of aliphatic hydroxyl groups is 1.